The molecule has 5 nitrogen and oxygen atoms in total. The molecule has 17 heavy (non-hydrogen) atoms. The fourth-order valence-corrected chi connectivity index (χ4v) is 1.74. The Balaban J connectivity index is 2.56. The number of aryl methyl sites for hydroxylation is 2. The number of carbonyl (C=O) groups is 1. The largest absolute Gasteiger partial charge is 0.476 e. The molecular weight excluding hydrogens is 218 g/mol. The van der Waals surface area contributed by atoms with Gasteiger partial charge in [0.2, 0.25) is 0 Å². The normalized spacial score (nSPS) is 10.5. The van der Waals surface area contributed by atoms with Crippen LogP contribution < -0.4 is 5.73 Å². The minimum atomic E-state index is -1.03. The molecule has 2 rings (SSSR count). The highest BCUT2D eigenvalue weighted by molar-refractivity contribution is 5.85. The summed E-state index contributed by atoms with van der Waals surface area (Å²) >= 11 is 0. The number of nitrogens with two attached hydrogens (primary N) is 1. The van der Waals surface area contributed by atoms with E-state index in [9.17, 15) is 4.79 Å². The second-order valence-corrected chi connectivity index (χ2v) is 3.93. The first kappa shape index (κ1) is 11.2. The average molecular weight is 231 g/mol. The first-order valence-corrected chi connectivity index (χ1v) is 5.15. The highest BCUT2D eigenvalue weighted by atomic mass is 16.4. The Bertz CT molecular complexity index is 587. The smallest absolute Gasteiger partial charge is 0.356 e. The van der Waals surface area contributed by atoms with Gasteiger partial charge in [0.1, 0.15) is 0 Å². The SMILES string of the molecule is Cc1cc(N)ccc1-n1nc(C(=O)O)cc1C. The van der Waals surface area contributed by atoms with Crippen molar-refractivity contribution in [1.82, 2.24) is 9.78 Å². The molecule has 0 unspecified atom stereocenters. The maximum Gasteiger partial charge on any atom is 0.356 e. The molecule has 0 bridgehead atoms. The van der Waals surface area contributed by atoms with Gasteiger partial charge in [0, 0.05) is 11.4 Å². The van der Waals surface area contributed by atoms with Crippen LogP contribution in [0.4, 0.5) is 5.69 Å². The van der Waals surface area contributed by atoms with E-state index in [4.69, 9.17) is 10.8 Å². The quantitative estimate of drug-likeness (QED) is 0.772. The third kappa shape index (κ3) is 1.99. The van der Waals surface area contributed by atoms with Crippen LogP contribution in [0.1, 0.15) is 21.7 Å². The minimum absolute atomic E-state index is 0.0405. The van der Waals surface area contributed by atoms with E-state index in [1.54, 1.807) is 10.7 Å². The number of anilines is 1. The summed E-state index contributed by atoms with van der Waals surface area (Å²) in [4.78, 5) is 10.8. The molecule has 0 atom stereocenters. The van der Waals surface area contributed by atoms with Gasteiger partial charge < -0.3 is 10.8 Å². The van der Waals surface area contributed by atoms with Gasteiger partial charge in [-0.15, -0.1) is 0 Å². The van der Waals surface area contributed by atoms with Gasteiger partial charge in [0.25, 0.3) is 0 Å². The second-order valence-electron chi connectivity index (χ2n) is 3.93. The van der Waals surface area contributed by atoms with Gasteiger partial charge in [-0.2, -0.15) is 5.10 Å². The summed E-state index contributed by atoms with van der Waals surface area (Å²) in [5.74, 6) is -1.03. The van der Waals surface area contributed by atoms with Gasteiger partial charge in [-0.3, -0.25) is 0 Å². The van der Waals surface area contributed by atoms with Crippen LogP contribution in [0.25, 0.3) is 5.69 Å². The summed E-state index contributed by atoms with van der Waals surface area (Å²) in [5.41, 5.74) is 8.95. The number of nitrogens with zero attached hydrogens (tertiary/aromatic N) is 2. The van der Waals surface area contributed by atoms with Crippen LogP contribution in [-0.2, 0) is 0 Å². The maximum absolute atomic E-state index is 10.8. The first-order chi connectivity index (χ1) is 7.99. The van der Waals surface area contributed by atoms with Crippen LogP contribution in [0.3, 0.4) is 0 Å². The third-order valence-electron chi connectivity index (χ3n) is 2.56. The lowest BCUT2D eigenvalue weighted by atomic mass is 10.2. The highest BCUT2D eigenvalue weighted by Gasteiger charge is 2.12. The maximum atomic E-state index is 10.8. The van der Waals surface area contributed by atoms with Crippen molar-refractivity contribution >= 4 is 11.7 Å². The second kappa shape index (κ2) is 3.93. The van der Waals surface area contributed by atoms with Crippen molar-refractivity contribution in [3.8, 4) is 5.69 Å². The summed E-state index contributed by atoms with van der Waals surface area (Å²) < 4.78 is 1.61. The van der Waals surface area contributed by atoms with Crippen molar-refractivity contribution < 1.29 is 9.90 Å². The summed E-state index contributed by atoms with van der Waals surface area (Å²) in [6, 6.07) is 6.97. The van der Waals surface area contributed by atoms with E-state index in [1.807, 2.05) is 26.0 Å². The molecule has 1 aromatic carbocycles. The average Bonchev–Trinajstić information content (AvgIpc) is 2.61. The van der Waals surface area contributed by atoms with E-state index in [0.29, 0.717) is 5.69 Å². The summed E-state index contributed by atoms with van der Waals surface area (Å²) in [6.07, 6.45) is 0. The Labute approximate surface area is 98.5 Å². The van der Waals surface area contributed by atoms with Gasteiger partial charge >= 0.3 is 5.97 Å². The molecule has 88 valence electrons. The predicted octanol–water partition coefficient (Wildman–Crippen LogP) is 1.77. The fraction of sp³-hybridized carbons (Fsp3) is 0.167. The molecule has 1 aromatic heterocycles. The van der Waals surface area contributed by atoms with Crippen LogP contribution in [0, 0.1) is 13.8 Å². The van der Waals surface area contributed by atoms with Crippen molar-refractivity contribution in [2.75, 3.05) is 5.73 Å². The summed E-state index contributed by atoms with van der Waals surface area (Å²) in [7, 11) is 0. The Morgan fingerprint density at radius 2 is 2.06 bits per heavy atom. The number of aromatic carboxylic acids is 1. The van der Waals surface area contributed by atoms with E-state index < -0.39 is 5.97 Å². The standard InChI is InChI=1S/C12H13N3O2/c1-7-5-9(13)3-4-11(7)15-8(2)6-10(14-15)12(16)17/h3-6H,13H2,1-2H3,(H,16,17). The van der Waals surface area contributed by atoms with Crippen LogP contribution in [0.2, 0.25) is 0 Å². The number of carboxylic acids is 1. The van der Waals surface area contributed by atoms with E-state index in [0.717, 1.165) is 16.9 Å². The monoisotopic (exact) mass is 231 g/mol. The Hall–Kier alpha value is -2.30. The number of hydrogen-bond donors (Lipinski definition) is 2. The van der Waals surface area contributed by atoms with Crippen LogP contribution in [0.15, 0.2) is 24.3 Å². The van der Waals surface area contributed by atoms with Gasteiger partial charge in [0.05, 0.1) is 5.69 Å². The minimum Gasteiger partial charge on any atom is -0.476 e. The van der Waals surface area contributed by atoms with Gasteiger partial charge in [-0.05, 0) is 43.7 Å². The van der Waals surface area contributed by atoms with Crippen molar-refractivity contribution in [1.29, 1.82) is 0 Å². The fourth-order valence-electron chi connectivity index (χ4n) is 1.74. The molecule has 1 heterocycles. The lowest BCUT2D eigenvalue weighted by Gasteiger charge is -2.08. The zero-order valence-electron chi connectivity index (χ0n) is 9.64. The molecule has 5 heteroatoms. The summed E-state index contributed by atoms with van der Waals surface area (Å²) in [5, 5.41) is 12.9. The zero-order chi connectivity index (χ0) is 12.6. The van der Waals surface area contributed by atoms with E-state index in [2.05, 4.69) is 5.10 Å². The van der Waals surface area contributed by atoms with Gasteiger partial charge in [-0.1, -0.05) is 0 Å². The third-order valence-corrected chi connectivity index (χ3v) is 2.56. The number of benzene rings is 1. The topological polar surface area (TPSA) is 81.1 Å². The Morgan fingerprint density at radius 3 is 2.59 bits per heavy atom. The van der Waals surface area contributed by atoms with Crippen LogP contribution in [-0.4, -0.2) is 20.9 Å². The molecule has 0 aliphatic rings. The van der Waals surface area contributed by atoms with Crippen molar-refractivity contribution in [2.24, 2.45) is 0 Å². The van der Waals surface area contributed by atoms with Gasteiger partial charge in [-0.25, -0.2) is 9.48 Å². The number of hydrogen-bond acceptors (Lipinski definition) is 3. The van der Waals surface area contributed by atoms with E-state index >= 15 is 0 Å². The number of aromatic nitrogens is 2. The Kier molecular flexibility index (Phi) is 2.59. The molecular formula is C12H13N3O2. The van der Waals surface area contributed by atoms with Crippen molar-refractivity contribution in [2.45, 2.75) is 13.8 Å². The Morgan fingerprint density at radius 1 is 1.35 bits per heavy atom. The molecule has 3 N–H and O–H groups in total. The lowest BCUT2D eigenvalue weighted by Crippen LogP contribution is -2.04. The summed E-state index contributed by atoms with van der Waals surface area (Å²) in [6.45, 7) is 3.72. The molecule has 0 spiro atoms. The van der Waals surface area contributed by atoms with Crippen molar-refractivity contribution in [3.63, 3.8) is 0 Å². The zero-order valence-corrected chi connectivity index (χ0v) is 9.64. The van der Waals surface area contributed by atoms with E-state index in [-0.39, 0.29) is 5.69 Å². The molecule has 0 saturated heterocycles. The highest BCUT2D eigenvalue weighted by Crippen LogP contribution is 2.18. The molecule has 0 fully saturated rings. The molecule has 0 aliphatic carbocycles. The molecule has 0 aliphatic heterocycles. The predicted molar refractivity (Wildman–Crippen MR) is 64.4 cm³/mol. The molecule has 2 aromatic rings. The number of carboxylic acid groups (broad SMARTS) is 1. The van der Waals surface area contributed by atoms with Crippen molar-refractivity contribution in [3.05, 3.63) is 41.2 Å². The molecule has 0 radical (unpaired) electrons. The number of rotatable bonds is 2. The van der Waals surface area contributed by atoms with Crippen LogP contribution >= 0.6 is 0 Å². The first-order valence-electron chi connectivity index (χ1n) is 5.15. The number of nitrogen functional groups attached to an aromatic ring is 1. The van der Waals surface area contributed by atoms with E-state index in [1.165, 1.54) is 6.07 Å². The molecule has 0 saturated carbocycles. The lowest BCUT2D eigenvalue weighted by molar-refractivity contribution is 0.0690. The van der Waals surface area contributed by atoms with Gasteiger partial charge in [0.15, 0.2) is 5.69 Å². The van der Waals surface area contributed by atoms with Crippen LogP contribution in [0.5, 0.6) is 0 Å². The molecule has 0 amide bonds.